The first kappa shape index (κ1) is 16.1. The van der Waals surface area contributed by atoms with Crippen LogP contribution in [-0.4, -0.2) is 8.64 Å². The lowest BCUT2D eigenvalue weighted by molar-refractivity contribution is 1.89. The minimum Gasteiger partial charge on any atom is -0.384 e. The van der Waals surface area contributed by atoms with Crippen LogP contribution in [0.4, 0.5) is 0 Å². The molecule has 4 N–H and O–H groups in total. The lowest BCUT2D eigenvalue weighted by Crippen LogP contribution is -2.10. The second-order valence-electron chi connectivity index (χ2n) is 0.740. The summed E-state index contributed by atoms with van der Waals surface area (Å²) in [6, 6.07) is 0. The highest BCUT2D eigenvalue weighted by atomic mass is 32.2. The molecule has 0 aliphatic heterocycles. The van der Waals surface area contributed by atoms with Gasteiger partial charge in [0.25, 0.3) is 0 Å². The van der Waals surface area contributed by atoms with Gasteiger partial charge in [0.2, 0.25) is 0 Å². The molecular weight excluding hydrogens is 172 g/mol. The van der Waals surface area contributed by atoms with Crippen LogP contribution in [0.5, 0.6) is 0 Å². The Balaban J connectivity index is -0.000000180. The topological polar surface area (TPSA) is 52.0 Å². The van der Waals surface area contributed by atoms with E-state index in [1.54, 1.807) is 0 Å². The highest BCUT2D eigenvalue weighted by Gasteiger charge is 1.89. The van der Waals surface area contributed by atoms with E-state index in [1.165, 1.54) is 0 Å². The molecule has 56 valence electrons. The fourth-order valence-electron chi connectivity index (χ4n) is 0.0991. The number of rotatable bonds is 0. The number of hydrogen-bond acceptors (Lipinski definition) is 3. The molecule has 0 bridgehead atoms. The SMILES string of the molecule is C.C.NC(=S)SC(N)=S. The third kappa shape index (κ3) is 17.9. The zero-order chi connectivity index (χ0) is 5.86. The highest BCUT2D eigenvalue weighted by Crippen LogP contribution is 1.96. The van der Waals surface area contributed by atoms with E-state index >= 15 is 0 Å². The molecule has 0 saturated heterocycles. The van der Waals surface area contributed by atoms with E-state index in [4.69, 9.17) is 11.5 Å². The van der Waals surface area contributed by atoms with E-state index in [-0.39, 0.29) is 23.5 Å². The molecule has 0 heterocycles. The van der Waals surface area contributed by atoms with Crippen molar-refractivity contribution in [3.05, 3.63) is 0 Å². The average Bonchev–Trinajstić information content (AvgIpc) is 1.27. The number of hydrogen-bond donors (Lipinski definition) is 2. The van der Waals surface area contributed by atoms with Gasteiger partial charge in [-0.05, 0) is 11.8 Å². The van der Waals surface area contributed by atoms with E-state index in [0.29, 0.717) is 0 Å². The lowest BCUT2D eigenvalue weighted by atomic mass is 11.5. The molecule has 0 fully saturated rings. The molecule has 0 radical (unpaired) electrons. The third-order valence-corrected chi connectivity index (χ3v) is 1.10. The molecule has 5 heteroatoms. The summed E-state index contributed by atoms with van der Waals surface area (Å²) in [5, 5.41) is 0. The van der Waals surface area contributed by atoms with Crippen LogP contribution in [0.15, 0.2) is 0 Å². The fourth-order valence-corrected chi connectivity index (χ4v) is 0.994. The van der Waals surface area contributed by atoms with Crippen LogP contribution in [0.1, 0.15) is 14.9 Å². The second-order valence-corrected chi connectivity index (χ2v) is 3.22. The van der Waals surface area contributed by atoms with Crippen LogP contribution >= 0.6 is 36.2 Å². The van der Waals surface area contributed by atoms with Crippen LogP contribution in [0.3, 0.4) is 0 Å². The summed E-state index contributed by atoms with van der Waals surface area (Å²) in [6.07, 6.45) is 0. The van der Waals surface area contributed by atoms with Gasteiger partial charge in [-0.2, -0.15) is 0 Å². The van der Waals surface area contributed by atoms with E-state index < -0.39 is 0 Å². The normalized spacial score (nSPS) is 6.22. The van der Waals surface area contributed by atoms with Gasteiger partial charge in [0, 0.05) is 0 Å². The molecule has 0 aromatic rings. The van der Waals surface area contributed by atoms with E-state index in [0.717, 1.165) is 11.8 Å². The predicted molar refractivity (Wildman–Crippen MR) is 54.6 cm³/mol. The Hall–Kier alpha value is 0.130. The summed E-state index contributed by atoms with van der Waals surface area (Å²) < 4.78 is 0.542. The second kappa shape index (κ2) is 8.13. The van der Waals surface area contributed by atoms with Gasteiger partial charge < -0.3 is 11.5 Å². The van der Waals surface area contributed by atoms with Crippen LogP contribution in [0.2, 0.25) is 0 Å². The number of thiocarbonyl (C=S) groups is 2. The van der Waals surface area contributed by atoms with Gasteiger partial charge in [-0.3, -0.25) is 0 Å². The summed E-state index contributed by atoms with van der Waals surface area (Å²) >= 11 is 9.92. The van der Waals surface area contributed by atoms with Crippen molar-refractivity contribution in [3.8, 4) is 0 Å². The van der Waals surface area contributed by atoms with Gasteiger partial charge >= 0.3 is 0 Å². The predicted octanol–water partition coefficient (Wildman–Crippen LogP) is 1.48. The van der Waals surface area contributed by atoms with Crippen LogP contribution in [0, 0.1) is 0 Å². The Bertz CT molecular complexity index is 90.0. The maximum absolute atomic E-state index is 5.02. The Morgan fingerprint density at radius 2 is 1.22 bits per heavy atom. The fraction of sp³-hybridized carbons (Fsp3) is 0.500. The quantitative estimate of drug-likeness (QED) is 0.559. The molecule has 0 saturated carbocycles. The first-order valence-corrected chi connectivity index (χ1v) is 3.03. The van der Waals surface area contributed by atoms with Gasteiger partial charge in [0.1, 0.15) is 8.64 Å². The molecule has 0 aromatic heterocycles. The molecule has 0 unspecified atom stereocenters. The van der Waals surface area contributed by atoms with Crippen LogP contribution in [-0.2, 0) is 0 Å². The number of thioether (sulfide) groups is 1. The zero-order valence-electron chi connectivity index (χ0n) is 3.38. The minimum absolute atomic E-state index is 0. The van der Waals surface area contributed by atoms with Crippen LogP contribution in [0.25, 0.3) is 0 Å². The van der Waals surface area contributed by atoms with Gasteiger partial charge in [0.05, 0.1) is 0 Å². The molecule has 0 atom stereocenters. The molecular formula is C4H12N2S3. The van der Waals surface area contributed by atoms with Crippen molar-refractivity contribution in [2.45, 2.75) is 14.9 Å². The minimum atomic E-state index is 0. The molecule has 2 nitrogen and oxygen atoms in total. The standard InChI is InChI=1S/C2H4N2S3.2CH4/c3-1(5)7-2(4)6;;/h(H2,3,5)(H2,4,6);2*1H4. The Morgan fingerprint density at radius 3 is 1.22 bits per heavy atom. The van der Waals surface area contributed by atoms with Crippen molar-refractivity contribution in [2.24, 2.45) is 11.5 Å². The van der Waals surface area contributed by atoms with E-state index in [9.17, 15) is 0 Å². The van der Waals surface area contributed by atoms with E-state index in [1.807, 2.05) is 0 Å². The molecule has 9 heavy (non-hydrogen) atoms. The summed E-state index contributed by atoms with van der Waals surface area (Å²) in [7, 11) is 0. The first-order chi connectivity index (χ1) is 3.13. The molecule has 0 rings (SSSR count). The van der Waals surface area contributed by atoms with Crippen LogP contribution < -0.4 is 11.5 Å². The molecule has 0 aromatic carbocycles. The van der Waals surface area contributed by atoms with Crippen molar-refractivity contribution in [1.29, 1.82) is 0 Å². The van der Waals surface area contributed by atoms with Gasteiger partial charge in [0.15, 0.2) is 0 Å². The maximum atomic E-state index is 5.02. The lowest BCUT2D eigenvalue weighted by Gasteiger charge is -1.88. The van der Waals surface area contributed by atoms with Crippen molar-refractivity contribution in [1.82, 2.24) is 0 Å². The van der Waals surface area contributed by atoms with Crippen molar-refractivity contribution < 1.29 is 0 Å². The van der Waals surface area contributed by atoms with Gasteiger partial charge in [-0.15, -0.1) is 0 Å². The smallest absolute Gasteiger partial charge is 0.138 e. The average molecular weight is 184 g/mol. The van der Waals surface area contributed by atoms with E-state index in [2.05, 4.69) is 24.4 Å². The zero-order valence-corrected chi connectivity index (χ0v) is 5.83. The van der Waals surface area contributed by atoms with Gasteiger partial charge in [-0.1, -0.05) is 39.3 Å². The van der Waals surface area contributed by atoms with Crippen molar-refractivity contribution in [2.75, 3.05) is 0 Å². The number of nitrogens with two attached hydrogens (primary N) is 2. The summed E-state index contributed by atoms with van der Waals surface area (Å²) in [5.74, 6) is 0. The summed E-state index contributed by atoms with van der Waals surface area (Å²) in [6.45, 7) is 0. The van der Waals surface area contributed by atoms with Gasteiger partial charge in [-0.25, -0.2) is 0 Å². The third-order valence-electron chi connectivity index (χ3n) is 0.201. The summed E-state index contributed by atoms with van der Waals surface area (Å²) in [5.41, 5.74) is 10.0. The van der Waals surface area contributed by atoms with Crippen molar-refractivity contribution >= 4 is 44.8 Å². The van der Waals surface area contributed by atoms with Crippen molar-refractivity contribution in [3.63, 3.8) is 0 Å². The highest BCUT2D eigenvalue weighted by molar-refractivity contribution is 8.37. The molecule has 0 spiro atoms. The molecule has 0 amide bonds. The Kier molecular flexibility index (Phi) is 14.5. The molecule has 0 aliphatic carbocycles. The largest absolute Gasteiger partial charge is 0.384 e. The summed E-state index contributed by atoms with van der Waals surface area (Å²) in [4.78, 5) is 0. The first-order valence-electron chi connectivity index (χ1n) is 1.39. The maximum Gasteiger partial charge on any atom is 0.138 e. The Morgan fingerprint density at radius 1 is 1.00 bits per heavy atom. The Labute approximate surface area is 71.4 Å². The molecule has 0 aliphatic rings. The monoisotopic (exact) mass is 184 g/mol.